The van der Waals surface area contributed by atoms with Gasteiger partial charge in [-0.1, -0.05) is 48.5 Å². The number of fused-ring (bicyclic) bond motifs is 2. The number of carbonyl (C=O) groups excluding carboxylic acids is 1. The van der Waals surface area contributed by atoms with Gasteiger partial charge in [0.2, 0.25) is 5.91 Å². The van der Waals surface area contributed by atoms with Gasteiger partial charge in [0, 0.05) is 61.5 Å². The van der Waals surface area contributed by atoms with E-state index in [-0.39, 0.29) is 11.9 Å². The number of carbonyl (C=O) groups is 1. The Bertz CT molecular complexity index is 1360. The first-order valence-corrected chi connectivity index (χ1v) is 13.4. The summed E-state index contributed by atoms with van der Waals surface area (Å²) in [6, 6.07) is 24.1. The molecule has 1 fully saturated rings. The second kappa shape index (κ2) is 10.3. The largest absolute Gasteiger partial charge is 0.353 e. The van der Waals surface area contributed by atoms with E-state index in [1.54, 1.807) is 18.7 Å². The summed E-state index contributed by atoms with van der Waals surface area (Å²) in [7, 11) is 0. The van der Waals surface area contributed by atoms with E-state index in [0.717, 1.165) is 49.4 Å². The first-order valence-electron chi connectivity index (χ1n) is 12.2. The van der Waals surface area contributed by atoms with Gasteiger partial charge in [0.05, 0.1) is 5.52 Å². The first kappa shape index (κ1) is 23.6. The molecule has 1 aliphatic rings. The Morgan fingerprint density at radius 1 is 1.00 bits per heavy atom. The lowest BCUT2D eigenvalue weighted by molar-refractivity contribution is -0.129. The molecule has 0 saturated carbocycles. The van der Waals surface area contributed by atoms with Gasteiger partial charge in [-0.3, -0.25) is 4.79 Å². The van der Waals surface area contributed by atoms with Crippen molar-refractivity contribution in [2.75, 3.05) is 37.3 Å². The maximum atomic E-state index is 11.8. The molecule has 1 aliphatic heterocycles. The zero-order chi connectivity index (χ0) is 24.4. The minimum Gasteiger partial charge on any atom is -0.353 e. The molecule has 1 unspecified atom stereocenters. The van der Waals surface area contributed by atoms with Crippen LogP contribution < -0.4 is 10.2 Å². The molecule has 0 aliphatic carbocycles. The van der Waals surface area contributed by atoms with Gasteiger partial charge in [-0.05, 0) is 47.7 Å². The lowest BCUT2D eigenvalue weighted by Crippen LogP contribution is -2.48. The van der Waals surface area contributed by atoms with Crippen LogP contribution in [0.1, 0.15) is 31.0 Å². The second-order valence-electron chi connectivity index (χ2n) is 9.19. The van der Waals surface area contributed by atoms with Crippen molar-refractivity contribution in [1.82, 2.24) is 15.2 Å². The molecule has 0 radical (unpaired) electrons. The maximum Gasteiger partial charge on any atom is 0.219 e. The number of nitrogens with one attached hydrogen (secondary N) is 1. The summed E-state index contributed by atoms with van der Waals surface area (Å²) >= 11 is 1.74. The van der Waals surface area contributed by atoms with Gasteiger partial charge in [0.15, 0.2) is 0 Å². The van der Waals surface area contributed by atoms with Crippen LogP contribution in [0.3, 0.4) is 0 Å². The highest BCUT2D eigenvalue weighted by molar-refractivity contribution is 7.98. The summed E-state index contributed by atoms with van der Waals surface area (Å²) < 4.78 is 0. The van der Waals surface area contributed by atoms with Crippen LogP contribution >= 0.6 is 11.8 Å². The molecule has 1 amide bonds. The normalized spacial score (nSPS) is 15.1. The topological polar surface area (TPSA) is 48.5 Å². The molecule has 5 nitrogen and oxygen atoms in total. The van der Waals surface area contributed by atoms with Crippen LogP contribution in [0, 0.1) is 0 Å². The van der Waals surface area contributed by atoms with Gasteiger partial charge < -0.3 is 15.1 Å². The second-order valence-corrected chi connectivity index (χ2v) is 10.1. The van der Waals surface area contributed by atoms with Crippen LogP contribution in [-0.4, -0.2) is 48.2 Å². The maximum absolute atomic E-state index is 11.8. The van der Waals surface area contributed by atoms with E-state index >= 15 is 0 Å². The van der Waals surface area contributed by atoms with E-state index in [2.05, 4.69) is 90.1 Å². The number of pyridine rings is 1. The molecule has 1 N–H and O–H groups in total. The lowest BCUT2D eigenvalue weighted by Gasteiger charge is -2.36. The van der Waals surface area contributed by atoms with E-state index in [1.165, 1.54) is 26.8 Å². The third kappa shape index (κ3) is 5.00. The molecule has 0 spiro atoms. The number of amides is 1. The van der Waals surface area contributed by atoms with Crippen molar-refractivity contribution < 1.29 is 4.79 Å². The molecule has 2 heterocycles. The van der Waals surface area contributed by atoms with Crippen molar-refractivity contribution in [2.45, 2.75) is 31.3 Å². The fourth-order valence-corrected chi connectivity index (χ4v) is 5.38. The minimum absolute atomic E-state index is 0.145. The van der Waals surface area contributed by atoms with E-state index < -0.39 is 0 Å². The Labute approximate surface area is 211 Å². The van der Waals surface area contributed by atoms with Crippen molar-refractivity contribution in [1.29, 1.82) is 0 Å². The fraction of sp³-hybridized carbons (Fsp3) is 0.310. The van der Waals surface area contributed by atoms with Crippen LogP contribution in [0.2, 0.25) is 0 Å². The standard InChI is InChI=1S/C29H32N4OS/c1-20(26-10-6-8-22-7-4-5-9-27(22)26)30-19-24-17-23-11-12-25(35-3)18-28(23)31-29(24)33-15-13-32(14-16-33)21(2)34/h4-12,17-18,20,30H,13-16,19H2,1-3H3. The van der Waals surface area contributed by atoms with Gasteiger partial charge in [0.1, 0.15) is 5.82 Å². The molecular formula is C29H32N4OS. The van der Waals surface area contributed by atoms with Crippen LogP contribution in [0.15, 0.2) is 71.6 Å². The Kier molecular flexibility index (Phi) is 6.93. The number of hydrogen-bond donors (Lipinski definition) is 1. The van der Waals surface area contributed by atoms with Crippen molar-refractivity contribution in [3.63, 3.8) is 0 Å². The number of benzene rings is 3. The highest BCUT2D eigenvalue weighted by Gasteiger charge is 2.22. The average molecular weight is 485 g/mol. The number of hydrogen-bond acceptors (Lipinski definition) is 5. The number of nitrogens with zero attached hydrogens (tertiary/aromatic N) is 3. The molecular weight excluding hydrogens is 452 g/mol. The van der Waals surface area contributed by atoms with E-state index in [1.807, 2.05) is 4.90 Å². The minimum atomic E-state index is 0.145. The highest BCUT2D eigenvalue weighted by Crippen LogP contribution is 2.29. The van der Waals surface area contributed by atoms with Gasteiger partial charge >= 0.3 is 0 Å². The molecule has 1 atom stereocenters. The summed E-state index contributed by atoms with van der Waals surface area (Å²) in [6.07, 6.45) is 2.09. The summed E-state index contributed by atoms with van der Waals surface area (Å²) in [4.78, 5) is 22.5. The molecule has 1 aromatic heterocycles. The zero-order valence-electron chi connectivity index (χ0n) is 20.6. The smallest absolute Gasteiger partial charge is 0.219 e. The van der Waals surface area contributed by atoms with Crippen molar-refractivity contribution in [2.24, 2.45) is 0 Å². The van der Waals surface area contributed by atoms with Crippen LogP contribution in [0.25, 0.3) is 21.7 Å². The molecule has 35 heavy (non-hydrogen) atoms. The highest BCUT2D eigenvalue weighted by atomic mass is 32.2. The number of piperazine rings is 1. The Hall–Kier alpha value is -3.09. The van der Waals surface area contributed by atoms with E-state index in [0.29, 0.717) is 0 Å². The van der Waals surface area contributed by atoms with Gasteiger partial charge in [0.25, 0.3) is 0 Å². The quantitative estimate of drug-likeness (QED) is 0.360. The third-order valence-corrected chi connectivity index (χ3v) is 7.72. The zero-order valence-corrected chi connectivity index (χ0v) is 21.4. The Morgan fingerprint density at radius 2 is 1.77 bits per heavy atom. The summed E-state index contributed by atoms with van der Waals surface area (Å²) in [6.45, 7) is 7.67. The summed E-state index contributed by atoms with van der Waals surface area (Å²) in [5, 5.41) is 7.47. The summed E-state index contributed by atoms with van der Waals surface area (Å²) in [5.74, 6) is 1.17. The number of thioether (sulfide) groups is 1. The van der Waals surface area contributed by atoms with Crippen LogP contribution in [0.4, 0.5) is 5.82 Å². The van der Waals surface area contributed by atoms with Gasteiger partial charge in [-0.2, -0.15) is 0 Å². The van der Waals surface area contributed by atoms with Crippen LogP contribution in [0.5, 0.6) is 0 Å². The monoisotopic (exact) mass is 484 g/mol. The molecule has 3 aromatic carbocycles. The summed E-state index contributed by atoms with van der Waals surface area (Å²) in [5.41, 5.74) is 3.52. The average Bonchev–Trinajstić information content (AvgIpc) is 2.90. The predicted molar refractivity (Wildman–Crippen MR) is 147 cm³/mol. The predicted octanol–water partition coefficient (Wildman–Crippen LogP) is 5.63. The number of aromatic nitrogens is 1. The fourth-order valence-electron chi connectivity index (χ4n) is 4.95. The molecule has 6 heteroatoms. The van der Waals surface area contributed by atoms with E-state index in [9.17, 15) is 4.79 Å². The van der Waals surface area contributed by atoms with Crippen molar-refractivity contribution in [3.8, 4) is 0 Å². The van der Waals surface area contributed by atoms with Crippen LogP contribution in [-0.2, 0) is 11.3 Å². The first-order chi connectivity index (χ1) is 17.0. The SMILES string of the molecule is CSc1ccc2cc(CNC(C)c3cccc4ccccc34)c(N3CCN(C(C)=O)CC3)nc2c1. The molecule has 0 bridgehead atoms. The van der Waals surface area contributed by atoms with Crippen molar-refractivity contribution in [3.05, 3.63) is 77.9 Å². The number of rotatable bonds is 6. The molecule has 5 rings (SSSR count). The third-order valence-electron chi connectivity index (χ3n) is 6.99. The Balaban J connectivity index is 1.44. The number of anilines is 1. The van der Waals surface area contributed by atoms with Gasteiger partial charge in [-0.15, -0.1) is 11.8 Å². The van der Waals surface area contributed by atoms with Gasteiger partial charge in [-0.25, -0.2) is 4.98 Å². The van der Waals surface area contributed by atoms with Crippen molar-refractivity contribution >= 4 is 45.2 Å². The lowest BCUT2D eigenvalue weighted by atomic mass is 9.99. The molecule has 1 saturated heterocycles. The van der Waals surface area contributed by atoms with E-state index in [4.69, 9.17) is 4.98 Å². The molecule has 180 valence electrons. The Morgan fingerprint density at radius 3 is 2.54 bits per heavy atom. The molecule has 4 aromatic rings.